The van der Waals surface area contributed by atoms with E-state index in [1.807, 2.05) is 12.2 Å². The third kappa shape index (κ3) is 6.06. The van der Waals surface area contributed by atoms with Crippen molar-refractivity contribution < 1.29 is 24.9 Å². The van der Waals surface area contributed by atoms with Crippen LogP contribution in [0.5, 0.6) is 0 Å². The molecule has 0 bridgehead atoms. The van der Waals surface area contributed by atoms with Crippen LogP contribution in [-0.2, 0) is 9.53 Å². The fourth-order valence-corrected chi connectivity index (χ4v) is 7.41. The molecule has 0 aromatic heterocycles. The first kappa shape index (κ1) is 27.3. The lowest BCUT2D eigenvalue weighted by Crippen LogP contribution is -2.35. The molecule has 4 aliphatic rings. The lowest BCUT2D eigenvalue weighted by atomic mass is 9.61. The van der Waals surface area contributed by atoms with E-state index in [2.05, 4.69) is 32.1 Å². The smallest absolute Gasteiger partial charge is 0.330 e. The first-order valence-electron chi connectivity index (χ1n) is 14.1. The number of esters is 1. The Morgan fingerprint density at radius 3 is 2.50 bits per heavy atom. The number of allylic oxidation sites excluding steroid dienone is 4. The van der Waals surface area contributed by atoms with Crippen LogP contribution in [0.2, 0.25) is 0 Å². The van der Waals surface area contributed by atoms with Gasteiger partial charge in [-0.2, -0.15) is 0 Å². The first-order chi connectivity index (χ1) is 17.2. The number of aliphatic hydroxyl groups is 3. The summed E-state index contributed by atoms with van der Waals surface area (Å²) in [6.07, 6.45) is 20.1. The number of carbonyl (C=O) groups excluding carboxylic acids is 1. The van der Waals surface area contributed by atoms with Gasteiger partial charge in [-0.25, -0.2) is 4.79 Å². The van der Waals surface area contributed by atoms with Crippen molar-refractivity contribution in [3.63, 3.8) is 0 Å². The van der Waals surface area contributed by atoms with E-state index in [1.54, 1.807) is 6.92 Å². The molecule has 36 heavy (non-hydrogen) atoms. The van der Waals surface area contributed by atoms with Gasteiger partial charge in [-0.15, -0.1) is 0 Å². The van der Waals surface area contributed by atoms with Crippen LogP contribution in [0.4, 0.5) is 0 Å². The van der Waals surface area contributed by atoms with Crippen LogP contribution in [0.15, 0.2) is 47.6 Å². The Hall–Kier alpha value is -1.69. The van der Waals surface area contributed by atoms with Crippen LogP contribution in [0, 0.1) is 28.6 Å². The van der Waals surface area contributed by atoms with Crippen molar-refractivity contribution in [1.29, 1.82) is 0 Å². The molecule has 2 unspecified atom stereocenters. The number of hydrogen-bond acceptors (Lipinski definition) is 5. The minimum Gasteiger partial charge on any atom is -0.463 e. The summed E-state index contributed by atoms with van der Waals surface area (Å²) in [6, 6.07) is 0. The summed E-state index contributed by atoms with van der Waals surface area (Å²) in [5, 5.41) is 30.9. The van der Waals surface area contributed by atoms with Gasteiger partial charge in [0, 0.05) is 11.5 Å². The number of aliphatic hydroxyl groups excluding tert-OH is 3. The van der Waals surface area contributed by atoms with E-state index in [0.717, 1.165) is 24.8 Å². The normalized spacial score (nSPS) is 36.7. The van der Waals surface area contributed by atoms with Gasteiger partial charge >= 0.3 is 5.97 Å². The molecule has 0 spiro atoms. The van der Waals surface area contributed by atoms with E-state index < -0.39 is 18.3 Å². The maximum Gasteiger partial charge on any atom is 0.330 e. The highest BCUT2D eigenvalue weighted by atomic mass is 16.5. The Labute approximate surface area is 217 Å². The van der Waals surface area contributed by atoms with Crippen LogP contribution < -0.4 is 0 Å². The lowest BCUT2D eigenvalue weighted by Gasteiger charge is -2.44. The molecule has 4 aliphatic carbocycles. The summed E-state index contributed by atoms with van der Waals surface area (Å²) < 4.78 is 4.99. The zero-order valence-corrected chi connectivity index (χ0v) is 22.4. The number of carbonyl (C=O) groups is 1. The van der Waals surface area contributed by atoms with Crippen LogP contribution >= 0.6 is 0 Å². The molecule has 0 heterocycles. The third-order valence-corrected chi connectivity index (χ3v) is 9.60. The van der Waals surface area contributed by atoms with Gasteiger partial charge in [0.05, 0.1) is 24.9 Å². The molecular formula is C31H46O5. The second-order valence-electron chi connectivity index (χ2n) is 12.1. The molecule has 7 atom stereocenters. The highest BCUT2D eigenvalue weighted by Crippen LogP contribution is 2.59. The predicted octanol–water partition coefficient (Wildman–Crippen LogP) is 5.41. The Bertz CT molecular complexity index is 898. The van der Waals surface area contributed by atoms with Crippen LogP contribution in [-0.4, -0.2) is 46.2 Å². The van der Waals surface area contributed by atoms with Gasteiger partial charge in [0.1, 0.15) is 0 Å². The second kappa shape index (κ2) is 11.4. The average molecular weight is 499 g/mol. The van der Waals surface area contributed by atoms with Crippen molar-refractivity contribution in [3.8, 4) is 0 Å². The van der Waals surface area contributed by atoms with Crippen molar-refractivity contribution in [2.45, 2.75) is 103 Å². The summed E-state index contributed by atoms with van der Waals surface area (Å²) >= 11 is 0. The van der Waals surface area contributed by atoms with Crippen LogP contribution in [0.3, 0.4) is 0 Å². The second-order valence-corrected chi connectivity index (χ2v) is 12.1. The van der Waals surface area contributed by atoms with E-state index in [9.17, 15) is 20.1 Å². The maximum absolute atomic E-state index is 11.7. The Balaban J connectivity index is 1.40. The molecule has 4 rings (SSSR count). The zero-order chi connectivity index (χ0) is 25.9. The molecule has 0 aromatic rings. The molecule has 0 aromatic carbocycles. The monoisotopic (exact) mass is 498 g/mol. The molecule has 0 amide bonds. The SMILES string of the molecule is CCOC(=O)/C=C/C1(C(O)/C=C/[C@@H](C)[C@H]2CCC3/C(=C/C=C4C[C@@H](O)C[C@H](O)C4)CCC[C@@]32C)CC1. The quantitative estimate of drug-likeness (QED) is 0.236. The number of hydrogen-bond donors (Lipinski definition) is 3. The van der Waals surface area contributed by atoms with Gasteiger partial charge < -0.3 is 20.1 Å². The predicted molar refractivity (Wildman–Crippen MR) is 142 cm³/mol. The Morgan fingerprint density at radius 1 is 1.11 bits per heavy atom. The minimum absolute atomic E-state index is 0.254. The molecule has 5 heteroatoms. The van der Waals surface area contributed by atoms with Crippen molar-refractivity contribution in [2.24, 2.45) is 28.6 Å². The first-order valence-corrected chi connectivity index (χ1v) is 14.1. The summed E-state index contributed by atoms with van der Waals surface area (Å²) in [4.78, 5) is 11.7. The molecule has 0 aliphatic heterocycles. The van der Waals surface area contributed by atoms with Crippen molar-refractivity contribution >= 4 is 5.97 Å². The molecule has 4 fully saturated rings. The van der Waals surface area contributed by atoms with Gasteiger partial charge in [-0.3, -0.25) is 0 Å². The summed E-state index contributed by atoms with van der Waals surface area (Å²) in [5.41, 5.74) is 2.63. The number of ether oxygens (including phenoxy) is 1. The fourth-order valence-electron chi connectivity index (χ4n) is 7.41. The van der Waals surface area contributed by atoms with Gasteiger partial charge in [-0.1, -0.05) is 55.4 Å². The maximum atomic E-state index is 11.7. The summed E-state index contributed by atoms with van der Waals surface area (Å²) in [5.74, 6) is 1.19. The van der Waals surface area contributed by atoms with Gasteiger partial charge in [-0.05, 0) is 94.3 Å². The van der Waals surface area contributed by atoms with E-state index >= 15 is 0 Å². The van der Waals surface area contributed by atoms with E-state index in [1.165, 1.54) is 37.3 Å². The van der Waals surface area contributed by atoms with E-state index in [0.29, 0.717) is 43.6 Å². The largest absolute Gasteiger partial charge is 0.463 e. The molecule has 200 valence electrons. The van der Waals surface area contributed by atoms with Crippen LogP contribution in [0.1, 0.15) is 85.0 Å². The minimum atomic E-state index is -0.578. The van der Waals surface area contributed by atoms with E-state index in [-0.39, 0.29) is 16.8 Å². The van der Waals surface area contributed by atoms with Crippen molar-refractivity contribution in [1.82, 2.24) is 0 Å². The standard InChI is InChI=1S/C31H46O5/c1-4-36-29(35)13-15-31(16-17-31)28(34)12-7-21(2)26-10-11-27-23(6-5-14-30(26,27)3)9-8-22-18-24(32)20-25(33)19-22/h7-9,12-13,15,21,24-28,32-34H,4-6,10-11,14,16-20H2,1-3H3/b12-7+,15-13+,23-9+/t21-,24-,25-,26-,27?,28?,30-/m1/s1. The van der Waals surface area contributed by atoms with Gasteiger partial charge in [0.2, 0.25) is 0 Å². The van der Waals surface area contributed by atoms with Crippen molar-refractivity contribution in [3.05, 3.63) is 47.6 Å². The molecule has 4 saturated carbocycles. The van der Waals surface area contributed by atoms with Crippen molar-refractivity contribution in [2.75, 3.05) is 6.61 Å². The third-order valence-electron chi connectivity index (χ3n) is 9.60. The van der Waals surface area contributed by atoms with Gasteiger partial charge in [0.15, 0.2) is 0 Å². The summed E-state index contributed by atoms with van der Waals surface area (Å²) in [7, 11) is 0. The molecule has 3 N–H and O–H groups in total. The molecule has 5 nitrogen and oxygen atoms in total. The topological polar surface area (TPSA) is 87.0 Å². The lowest BCUT2D eigenvalue weighted by molar-refractivity contribution is -0.137. The number of rotatable bonds is 8. The molecule has 0 radical (unpaired) electrons. The zero-order valence-electron chi connectivity index (χ0n) is 22.4. The van der Waals surface area contributed by atoms with Crippen LogP contribution in [0.25, 0.3) is 0 Å². The molecule has 0 saturated heterocycles. The highest BCUT2D eigenvalue weighted by Gasteiger charge is 2.50. The summed E-state index contributed by atoms with van der Waals surface area (Å²) in [6.45, 7) is 6.91. The Morgan fingerprint density at radius 2 is 1.83 bits per heavy atom. The average Bonchev–Trinajstić information content (AvgIpc) is 3.54. The Kier molecular flexibility index (Phi) is 8.63. The van der Waals surface area contributed by atoms with Gasteiger partial charge in [0.25, 0.3) is 0 Å². The fraction of sp³-hybridized carbons (Fsp3) is 0.710. The highest BCUT2D eigenvalue weighted by molar-refractivity contribution is 5.82. The van der Waals surface area contributed by atoms with E-state index in [4.69, 9.17) is 4.74 Å². The number of fused-ring (bicyclic) bond motifs is 1. The molecular weight excluding hydrogens is 452 g/mol.